The number of nitrogens with zero attached hydrogens (tertiary/aromatic N) is 1. The maximum atomic E-state index is 4.12. The number of aromatic nitrogens is 1. The molecule has 1 saturated carbocycles. The Bertz CT molecular complexity index is 254. The van der Waals surface area contributed by atoms with Gasteiger partial charge >= 0.3 is 0 Å². The largest absolute Gasteiger partial charge is 0.307 e. The first-order valence-electron chi connectivity index (χ1n) is 5.02. The van der Waals surface area contributed by atoms with Crippen molar-refractivity contribution in [2.75, 3.05) is 0 Å². The lowest BCUT2D eigenvalue weighted by atomic mass is 9.92. The van der Waals surface area contributed by atoms with Gasteiger partial charge in [0, 0.05) is 24.5 Å². The smallest absolute Gasteiger partial charge is 0.0315 e. The van der Waals surface area contributed by atoms with Gasteiger partial charge < -0.3 is 5.32 Å². The van der Waals surface area contributed by atoms with Crippen molar-refractivity contribution >= 4 is 0 Å². The van der Waals surface area contributed by atoms with Crippen LogP contribution in [0.25, 0.3) is 0 Å². The van der Waals surface area contributed by atoms with Crippen LogP contribution in [-0.4, -0.2) is 11.0 Å². The molecular formula is C11H16N2. The van der Waals surface area contributed by atoms with Gasteiger partial charge in [-0.15, -0.1) is 0 Å². The van der Waals surface area contributed by atoms with E-state index >= 15 is 0 Å². The molecule has 2 rings (SSSR count). The number of rotatable bonds is 3. The minimum absolute atomic E-state index is 0.444. The third-order valence-corrected chi connectivity index (χ3v) is 2.78. The second-order valence-corrected chi connectivity index (χ2v) is 3.80. The molecule has 1 heterocycles. The second-order valence-electron chi connectivity index (χ2n) is 3.80. The lowest BCUT2D eigenvalue weighted by Crippen LogP contribution is -2.36. The highest BCUT2D eigenvalue weighted by Gasteiger charge is 2.19. The van der Waals surface area contributed by atoms with Crippen molar-refractivity contribution in [1.82, 2.24) is 10.3 Å². The molecule has 0 unspecified atom stereocenters. The fourth-order valence-electron chi connectivity index (χ4n) is 1.66. The van der Waals surface area contributed by atoms with Gasteiger partial charge in [-0.1, -0.05) is 12.5 Å². The van der Waals surface area contributed by atoms with Crippen LogP contribution in [0.2, 0.25) is 0 Å². The average molecular weight is 176 g/mol. The first-order chi connectivity index (χ1) is 6.36. The summed E-state index contributed by atoms with van der Waals surface area (Å²) in [6.45, 7) is 2.20. The molecule has 0 saturated heterocycles. The van der Waals surface area contributed by atoms with E-state index in [2.05, 4.69) is 23.3 Å². The molecule has 0 aliphatic heterocycles. The summed E-state index contributed by atoms with van der Waals surface area (Å²) in [5, 5.41) is 3.59. The Labute approximate surface area is 79.4 Å². The number of hydrogen-bond donors (Lipinski definition) is 1. The van der Waals surface area contributed by atoms with E-state index < -0.39 is 0 Å². The van der Waals surface area contributed by atoms with Crippen molar-refractivity contribution in [2.24, 2.45) is 0 Å². The Morgan fingerprint density at radius 3 is 2.92 bits per heavy atom. The van der Waals surface area contributed by atoms with E-state index in [-0.39, 0.29) is 0 Å². The molecule has 1 aliphatic rings. The van der Waals surface area contributed by atoms with Crippen molar-refractivity contribution < 1.29 is 0 Å². The molecule has 0 aromatic carbocycles. The molecule has 0 spiro atoms. The van der Waals surface area contributed by atoms with E-state index in [0.717, 1.165) is 6.04 Å². The SMILES string of the molecule is C[C@H](NC1CCC1)c1cccnc1. The zero-order valence-corrected chi connectivity index (χ0v) is 8.03. The molecule has 1 aromatic rings. The first kappa shape index (κ1) is 8.70. The Morgan fingerprint density at radius 1 is 1.54 bits per heavy atom. The zero-order chi connectivity index (χ0) is 9.10. The molecule has 1 aromatic heterocycles. The fraction of sp³-hybridized carbons (Fsp3) is 0.545. The van der Waals surface area contributed by atoms with Crippen molar-refractivity contribution in [3.63, 3.8) is 0 Å². The molecular weight excluding hydrogens is 160 g/mol. The maximum Gasteiger partial charge on any atom is 0.0315 e. The van der Waals surface area contributed by atoms with Gasteiger partial charge in [0.25, 0.3) is 0 Å². The van der Waals surface area contributed by atoms with Crippen molar-refractivity contribution in [2.45, 2.75) is 38.3 Å². The van der Waals surface area contributed by atoms with E-state index in [0.29, 0.717) is 6.04 Å². The summed E-state index contributed by atoms with van der Waals surface area (Å²) in [4.78, 5) is 4.12. The molecule has 13 heavy (non-hydrogen) atoms. The molecule has 0 bridgehead atoms. The molecule has 2 nitrogen and oxygen atoms in total. The van der Waals surface area contributed by atoms with Crippen LogP contribution in [0, 0.1) is 0 Å². The summed E-state index contributed by atoms with van der Waals surface area (Å²) >= 11 is 0. The Kier molecular flexibility index (Phi) is 2.60. The van der Waals surface area contributed by atoms with E-state index in [4.69, 9.17) is 0 Å². The predicted molar refractivity (Wildman–Crippen MR) is 53.4 cm³/mol. The zero-order valence-electron chi connectivity index (χ0n) is 8.03. The molecule has 0 radical (unpaired) electrons. The minimum atomic E-state index is 0.444. The molecule has 1 fully saturated rings. The van der Waals surface area contributed by atoms with Gasteiger partial charge in [0.05, 0.1) is 0 Å². The fourth-order valence-corrected chi connectivity index (χ4v) is 1.66. The predicted octanol–water partition coefficient (Wildman–Crippen LogP) is 2.28. The van der Waals surface area contributed by atoms with E-state index in [1.165, 1.54) is 24.8 Å². The van der Waals surface area contributed by atoms with E-state index in [9.17, 15) is 0 Å². The maximum absolute atomic E-state index is 4.12. The monoisotopic (exact) mass is 176 g/mol. The van der Waals surface area contributed by atoms with Gasteiger partial charge in [0.2, 0.25) is 0 Å². The third kappa shape index (κ3) is 2.07. The van der Waals surface area contributed by atoms with E-state index in [1.54, 1.807) is 0 Å². The van der Waals surface area contributed by atoms with Crippen molar-refractivity contribution in [3.8, 4) is 0 Å². The summed E-state index contributed by atoms with van der Waals surface area (Å²) in [6, 6.07) is 5.31. The van der Waals surface area contributed by atoms with Gasteiger partial charge in [0.1, 0.15) is 0 Å². The van der Waals surface area contributed by atoms with Gasteiger partial charge in [-0.2, -0.15) is 0 Å². The van der Waals surface area contributed by atoms with Gasteiger partial charge in [-0.25, -0.2) is 0 Å². The van der Waals surface area contributed by atoms with Crippen molar-refractivity contribution in [3.05, 3.63) is 30.1 Å². The summed E-state index contributed by atoms with van der Waals surface area (Å²) in [5.41, 5.74) is 1.29. The first-order valence-corrected chi connectivity index (χ1v) is 5.02. The topological polar surface area (TPSA) is 24.9 Å². The second kappa shape index (κ2) is 3.88. The van der Waals surface area contributed by atoms with Crippen LogP contribution in [0.1, 0.15) is 37.8 Å². The standard InChI is InChI=1S/C11H16N2/c1-9(13-11-5-2-6-11)10-4-3-7-12-8-10/h3-4,7-9,11,13H,2,5-6H2,1H3/t9-/m0/s1. The molecule has 0 amide bonds. The van der Waals surface area contributed by atoms with Crippen molar-refractivity contribution in [1.29, 1.82) is 0 Å². The van der Waals surface area contributed by atoms with Gasteiger partial charge in [-0.05, 0) is 31.4 Å². The number of hydrogen-bond acceptors (Lipinski definition) is 2. The van der Waals surface area contributed by atoms with Crippen LogP contribution in [0.3, 0.4) is 0 Å². The lowest BCUT2D eigenvalue weighted by Gasteiger charge is -2.30. The van der Waals surface area contributed by atoms with Crippen LogP contribution in [-0.2, 0) is 0 Å². The normalized spacial score (nSPS) is 19.5. The van der Waals surface area contributed by atoms with Crippen LogP contribution in [0.5, 0.6) is 0 Å². The van der Waals surface area contributed by atoms with Gasteiger partial charge in [0.15, 0.2) is 0 Å². The molecule has 1 atom stereocenters. The highest BCUT2D eigenvalue weighted by Crippen LogP contribution is 2.22. The Morgan fingerprint density at radius 2 is 2.38 bits per heavy atom. The van der Waals surface area contributed by atoms with E-state index in [1.807, 2.05) is 18.5 Å². The van der Waals surface area contributed by atoms with Gasteiger partial charge in [-0.3, -0.25) is 4.98 Å². The highest BCUT2D eigenvalue weighted by atomic mass is 15.0. The molecule has 1 aliphatic carbocycles. The Hall–Kier alpha value is -0.890. The third-order valence-electron chi connectivity index (χ3n) is 2.78. The number of nitrogens with one attached hydrogen (secondary N) is 1. The molecule has 70 valence electrons. The van der Waals surface area contributed by atoms with Crippen LogP contribution in [0.4, 0.5) is 0 Å². The summed E-state index contributed by atoms with van der Waals surface area (Å²) < 4.78 is 0. The number of pyridine rings is 1. The van der Waals surface area contributed by atoms with Crippen LogP contribution >= 0.6 is 0 Å². The van der Waals surface area contributed by atoms with Crippen LogP contribution < -0.4 is 5.32 Å². The molecule has 1 N–H and O–H groups in total. The Balaban J connectivity index is 1.92. The quantitative estimate of drug-likeness (QED) is 0.764. The minimum Gasteiger partial charge on any atom is -0.307 e. The molecule has 2 heteroatoms. The summed E-state index contributed by atoms with van der Waals surface area (Å²) in [5.74, 6) is 0. The summed E-state index contributed by atoms with van der Waals surface area (Å²) in [7, 11) is 0. The average Bonchev–Trinajstić information content (AvgIpc) is 2.12. The van der Waals surface area contributed by atoms with Crippen LogP contribution in [0.15, 0.2) is 24.5 Å². The summed E-state index contributed by atoms with van der Waals surface area (Å²) in [6.07, 6.45) is 7.82. The lowest BCUT2D eigenvalue weighted by molar-refractivity contribution is 0.313. The highest BCUT2D eigenvalue weighted by molar-refractivity contribution is 5.13.